The first kappa shape index (κ1) is 10.7. The quantitative estimate of drug-likeness (QED) is 0.814. The van der Waals surface area contributed by atoms with Gasteiger partial charge in [-0.25, -0.2) is 0 Å². The first-order chi connectivity index (χ1) is 7.66. The predicted molar refractivity (Wildman–Crippen MR) is 65.4 cm³/mol. The molecule has 1 N–H and O–H groups in total. The van der Waals surface area contributed by atoms with E-state index in [2.05, 4.69) is 16.9 Å². The van der Waals surface area contributed by atoms with Gasteiger partial charge in [0, 0.05) is 23.7 Å². The number of thioether (sulfide) groups is 1. The monoisotopic (exact) mass is 238 g/mol. The molecule has 2 bridgehead atoms. The summed E-state index contributed by atoms with van der Waals surface area (Å²) in [6.45, 7) is 0. The average molecular weight is 238 g/mol. The molecule has 0 aromatic carbocycles. The second-order valence-corrected chi connectivity index (χ2v) is 6.73. The summed E-state index contributed by atoms with van der Waals surface area (Å²) in [5.41, 5.74) is 0.203. The van der Waals surface area contributed by atoms with Crippen LogP contribution in [0.2, 0.25) is 0 Å². The summed E-state index contributed by atoms with van der Waals surface area (Å²) < 4.78 is 1.78. The first-order valence-corrected chi connectivity index (χ1v) is 6.98. The van der Waals surface area contributed by atoms with Gasteiger partial charge in [0.1, 0.15) is 5.60 Å². The van der Waals surface area contributed by atoms with E-state index in [-0.39, 0.29) is 0 Å². The summed E-state index contributed by atoms with van der Waals surface area (Å²) in [5, 5.41) is 16.4. The first-order valence-electron chi connectivity index (χ1n) is 6.04. The van der Waals surface area contributed by atoms with Crippen molar-refractivity contribution in [1.82, 2.24) is 9.78 Å². The van der Waals surface area contributed by atoms with Crippen LogP contribution in [0.1, 0.15) is 37.8 Å². The van der Waals surface area contributed by atoms with E-state index in [0.717, 1.165) is 18.5 Å². The van der Waals surface area contributed by atoms with Crippen LogP contribution in [0.15, 0.2) is 12.3 Å². The van der Waals surface area contributed by atoms with Gasteiger partial charge in [-0.1, -0.05) is 6.42 Å². The Bertz CT molecular complexity index is 378. The number of fused-ring (bicyclic) bond motifs is 2. The molecule has 0 aliphatic carbocycles. The van der Waals surface area contributed by atoms with Crippen molar-refractivity contribution in [1.29, 1.82) is 0 Å². The molecule has 2 aliphatic rings. The molecule has 2 aliphatic heterocycles. The van der Waals surface area contributed by atoms with Crippen LogP contribution in [0.4, 0.5) is 0 Å². The van der Waals surface area contributed by atoms with Crippen LogP contribution in [0.25, 0.3) is 0 Å². The molecular formula is C12H18N2OS. The molecule has 2 atom stereocenters. The van der Waals surface area contributed by atoms with Crippen LogP contribution in [0.5, 0.6) is 0 Å². The minimum atomic E-state index is -0.664. The molecule has 16 heavy (non-hydrogen) atoms. The molecule has 4 heteroatoms. The van der Waals surface area contributed by atoms with Crippen molar-refractivity contribution in [2.24, 2.45) is 7.05 Å². The van der Waals surface area contributed by atoms with Crippen molar-refractivity contribution in [2.45, 2.75) is 48.2 Å². The fourth-order valence-electron chi connectivity index (χ4n) is 2.99. The molecule has 0 saturated carbocycles. The van der Waals surface area contributed by atoms with E-state index in [1.165, 1.54) is 19.3 Å². The highest BCUT2D eigenvalue weighted by atomic mass is 32.2. The third-order valence-corrected chi connectivity index (χ3v) is 5.33. The molecule has 0 spiro atoms. The average Bonchev–Trinajstić information content (AvgIpc) is 2.64. The van der Waals surface area contributed by atoms with Gasteiger partial charge in [0.05, 0.1) is 5.69 Å². The zero-order valence-corrected chi connectivity index (χ0v) is 10.4. The molecule has 1 aromatic heterocycles. The SMILES string of the molecule is Cn1ccc(C2(O)CC3CCCC(C2)S3)n1. The van der Waals surface area contributed by atoms with E-state index in [0.29, 0.717) is 10.5 Å². The number of aryl methyl sites for hydroxylation is 1. The molecule has 0 amide bonds. The minimum Gasteiger partial charge on any atom is -0.383 e. The van der Waals surface area contributed by atoms with Crippen LogP contribution >= 0.6 is 11.8 Å². The van der Waals surface area contributed by atoms with Crippen LogP contribution in [0.3, 0.4) is 0 Å². The zero-order chi connectivity index (χ0) is 11.2. The Hall–Kier alpha value is -0.480. The molecule has 3 heterocycles. The normalized spacial score (nSPS) is 38.6. The Labute approximate surface area is 100 Å². The van der Waals surface area contributed by atoms with Crippen LogP contribution in [-0.4, -0.2) is 25.4 Å². The minimum absolute atomic E-state index is 0.638. The van der Waals surface area contributed by atoms with Crippen molar-refractivity contribution in [3.63, 3.8) is 0 Å². The summed E-state index contributed by atoms with van der Waals surface area (Å²) in [6, 6.07) is 1.96. The molecule has 3 nitrogen and oxygen atoms in total. The van der Waals surface area contributed by atoms with E-state index < -0.39 is 5.60 Å². The lowest BCUT2D eigenvalue weighted by Gasteiger charge is -2.43. The van der Waals surface area contributed by atoms with Gasteiger partial charge in [0.2, 0.25) is 0 Å². The zero-order valence-electron chi connectivity index (χ0n) is 9.59. The Morgan fingerprint density at radius 3 is 2.69 bits per heavy atom. The Kier molecular flexibility index (Phi) is 2.51. The number of hydrogen-bond donors (Lipinski definition) is 1. The Balaban J connectivity index is 1.87. The van der Waals surface area contributed by atoms with Gasteiger partial charge in [-0.05, 0) is 31.7 Å². The van der Waals surface area contributed by atoms with Gasteiger partial charge < -0.3 is 5.11 Å². The maximum Gasteiger partial charge on any atom is 0.110 e. The maximum atomic E-state index is 10.8. The van der Waals surface area contributed by atoms with Crippen molar-refractivity contribution >= 4 is 11.8 Å². The molecule has 3 rings (SSSR count). The highest BCUT2D eigenvalue weighted by Crippen LogP contribution is 2.48. The lowest BCUT2D eigenvalue weighted by molar-refractivity contribution is 0.00358. The van der Waals surface area contributed by atoms with Crippen molar-refractivity contribution in [3.05, 3.63) is 18.0 Å². The summed E-state index contributed by atoms with van der Waals surface area (Å²) in [7, 11) is 1.91. The number of rotatable bonds is 1. The smallest absolute Gasteiger partial charge is 0.110 e. The van der Waals surface area contributed by atoms with Gasteiger partial charge in [-0.2, -0.15) is 16.9 Å². The van der Waals surface area contributed by atoms with Gasteiger partial charge in [-0.3, -0.25) is 4.68 Å². The molecule has 2 unspecified atom stereocenters. The molecule has 2 saturated heterocycles. The molecule has 88 valence electrons. The fraction of sp³-hybridized carbons (Fsp3) is 0.750. The third-order valence-electron chi connectivity index (χ3n) is 3.76. The predicted octanol–water partition coefficient (Wildman–Crippen LogP) is 2.06. The summed E-state index contributed by atoms with van der Waals surface area (Å²) in [4.78, 5) is 0. The van der Waals surface area contributed by atoms with Crippen molar-refractivity contribution < 1.29 is 5.11 Å². The standard InChI is InChI=1S/C12H18N2OS/c1-14-6-5-11(13-14)12(15)7-9-3-2-4-10(8-12)16-9/h5-6,9-10,15H,2-4,7-8H2,1H3. The number of hydrogen-bond acceptors (Lipinski definition) is 3. The number of aliphatic hydroxyl groups is 1. The highest BCUT2D eigenvalue weighted by molar-refractivity contribution is 8.00. The molecule has 0 radical (unpaired) electrons. The molecule has 2 fully saturated rings. The van der Waals surface area contributed by atoms with E-state index in [4.69, 9.17) is 0 Å². The van der Waals surface area contributed by atoms with Crippen LogP contribution in [-0.2, 0) is 12.6 Å². The summed E-state index contributed by atoms with van der Waals surface area (Å²) in [5.74, 6) is 0. The van der Waals surface area contributed by atoms with Gasteiger partial charge in [-0.15, -0.1) is 0 Å². The molecular weight excluding hydrogens is 220 g/mol. The number of aromatic nitrogens is 2. The van der Waals surface area contributed by atoms with Crippen LogP contribution in [0, 0.1) is 0 Å². The van der Waals surface area contributed by atoms with Crippen molar-refractivity contribution in [2.75, 3.05) is 0 Å². The Morgan fingerprint density at radius 2 is 2.12 bits per heavy atom. The lowest BCUT2D eigenvalue weighted by Crippen LogP contribution is -2.41. The topological polar surface area (TPSA) is 38.0 Å². The van der Waals surface area contributed by atoms with E-state index >= 15 is 0 Å². The van der Waals surface area contributed by atoms with Crippen LogP contribution < -0.4 is 0 Å². The second-order valence-electron chi connectivity index (χ2n) is 5.13. The molecule has 1 aromatic rings. The van der Waals surface area contributed by atoms with E-state index in [1.54, 1.807) is 4.68 Å². The van der Waals surface area contributed by atoms with Gasteiger partial charge in [0.15, 0.2) is 0 Å². The van der Waals surface area contributed by atoms with Gasteiger partial charge >= 0.3 is 0 Å². The summed E-state index contributed by atoms with van der Waals surface area (Å²) in [6.07, 6.45) is 7.54. The van der Waals surface area contributed by atoms with Crippen molar-refractivity contribution in [3.8, 4) is 0 Å². The Morgan fingerprint density at radius 1 is 1.44 bits per heavy atom. The highest BCUT2D eigenvalue weighted by Gasteiger charge is 2.43. The summed E-state index contributed by atoms with van der Waals surface area (Å²) >= 11 is 2.08. The van der Waals surface area contributed by atoms with Gasteiger partial charge in [0.25, 0.3) is 0 Å². The fourth-order valence-corrected chi connectivity index (χ4v) is 4.88. The largest absolute Gasteiger partial charge is 0.383 e. The third kappa shape index (κ3) is 1.78. The number of nitrogens with zero attached hydrogens (tertiary/aromatic N) is 2. The second kappa shape index (κ2) is 3.77. The van der Waals surface area contributed by atoms with E-state index in [9.17, 15) is 5.11 Å². The van der Waals surface area contributed by atoms with E-state index in [1.807, 2.05) is 19.3 Å². The lowest BCUT2D eigenvalue weighted by atomic mass is 9.83. The maximum absolute atomic E-state index is 10.8.